The predicted octanol–water partition coefficient (Wildman–Crippen LogP) is 1.55. The molecule has 14 heavy (non-hydrogen) atoms. The highest BCUT2D eigenvalue weighted by Crippen LogP contribution is 2.32. The van der Waals surface area contributed by atoms with Crippen molar-refractivity contribution in [3.05, 3.63) is 0 Å². The van der Waals surface area contributed by atoms with Crippen molar-refractivity contribution < 1.29 is 4.79 Å². The Hall–Kier alpha value is -1.04. The number of carbonyl (C=O) groups is 1. The maximum Gasteiger partial charge on any atom is 0.225 e. The first-order valence-electron chi connectivity index (χ1n) is 5.47. The molecule has 0 aromatic heterocycles. The molecule has 0 spiro atoms. The minimum atomic E-state index is 0.350. The second kappa shape index (κ2) is 4.00. The summed E-state index contributed by atoms with van der Waals surface area (Å²) in [6.45, 7) is 1.75. The first-order chi connectivity index (χ1) is 6.81. The Kier molecular flexibility index (Phi) is 2.72. The van der Waals surface area contributed by atoms with Gasteiger partial charge < -0.3 is 4.90 Å². The van der Waals surface area contributed by atoms with Gasteiger partial charge >= 0.3 is 0 Å². The highest BCUT2D eigenvalue weighted by molar-refractivity contribution is 5.81. The monoisotopic (exact) mass is 192 g/mol. The lowest BCUT2D eigenvalue weighted by molar-refractivity contribution is -0.133. The maximum atomic E-state index is 11.7. The SMILES string of the molecule is N#CCC1CCN(C(=O)C2CC2)CC1. The lowest BCUT2D eigenvalue weighted by Crippen LogP contribution is -2.39. The molecule has 1 saturated carbocycles. The summed E-state index contributed by atoms with van der Waals surface area (Å²) in [5.41, 5.74) is 0. The molecule has 1 aliphatic carbocycles. The lowest BCUT2D eigenvalue weighted by Gasteiger charge is -2.31. The molecule has 1 heterocycles. The first kappa shape index (κ1) is 9.51. The van der Waals surface area contributed by atoms with Crippen molar-refractivity contribution in [3.63, 3.8) is 0 Å². The number of nitriles is 1. The van der Waals surface area contributed by atoms with Gasteiger partial charge in [-0.25, -0.2) is 0 Å². The third-order valence-corrected chi connectivity index (χ3v) is 3.23. The molecule has 0 bridgehead atoms. The number of rotatable bonds is 2. The highest BCUT2D eigenvalue weighted by atomic mass is 16.2. The minimum Gasteiger partial charge on any atom is -0.342 e. The summed E-state index contributed by atoms with van der Waals surface area (Å²) in [7, 11) is 0. The highest BCUT2D eigenvalue weighted by Gasteiger charge is 2.34. The van der Waals surface area contributed by atoms with Gasteiger partial charge in [0.05, 0.1) is 6.07 Å². The van der Waals surface area contributed by atoms with Gasteiger partial charge in [0.2, 0.25) is 5.91 Å². The van der Waals surface area contributed by atoms with Crippen LogP contribution in [-0.4, -0.2) is 23.9 Å². The molecule has 0 radical (unpaired) electrons. The Morgan fingerprint density at radius 1 is 1.29 bits per heavy atom. The quantitative estimate of drug-likeness (QED) is 0.666. The van der Waals surface area contributed by atoms with Gasteiger partial charge in [0.25, 0.3) is 0 Å². The number of nitrogens with zero attached hydrogens (tertiary/aromatic N) is 2. The molecule has 0 aromatic rings. The van der Waals surface area contributed by atoms with E-state index in [1.165, 1.54) is 0 Å². The van der Waals surface area contributed by atoms with Gasteiger partial charge in [0.15, 0.2) is 0 Å². The molecule has 0 N–H and O–H groups in total. The van der Waals surface area contributed by atoms with Crippen LogP contribution in [0.1, 0.15) is 32.1 Å². The van der Waals surface area contributed by atoms with Crippen LogP contribution < -0.4 is 0 Å². The van der Waals surface area contributed by atoms with Crippen molar-refractivity contribution in [2.75, 3.05) is 13.1 Å². The van der Waals surface area contributed by atoms with Crippen LogP contribution >= 0.6 is 0 Å². The van der Waals surface area contributed by atoms with Crippen LogP contribution in [0.4, 0.5) is 0 Å². The van der Waals surface area contributed by atoms with Crippen LogP contribution in [0.25, 0.3) is 0 Å². The summed E-state index contributed by atoms with van der Waals surface area (Å²) >= 11 is 0. The number of likely N-dealkylation sites (tertiary alicyclic amines) is 1. The Labute approximate surface area is 84.7 Å². The molecule has 2 rings (SSSR count). The third kappa shape index (κ3) is 2.06. The zero-order valence-corrected chi connectivity index (χ0v) is 8.41. The second-order valence-corrected chi connectivity index (χ2v) is 4.41. The van der Waals surface area contributed by atoms with E-state index in [2.05, 4.69) is 6.07 Å². The molecule has 3 heteroatoms. The fourth-order valence-electron chi connectivity index (χ4n) is 2.08. The van der Waals surface area contributed by atoms with Crippen LogP contribution in [0.5, 0.6) is 0 Å². The van der Waals surface area contributed by atoms with E-state index < -0.39 is 0 Å². The van der Waals surface area contributed by atoms with Crippen molar-refractivity contribution in [2.24, 2.45) is 11.8 Å². The van der Waals surface area contributed by atoms with Gasteiger partial charge in [-0.3, -0.25) is 4.79 Å². The van der Waals surface area contributed by atoms with Crippen molar-refractivity contribution in [3.8, 4) is 6.07 Å². The molecule has 0 aromatic carbocycles. The molecule has 1 amide bonds. The molecule has 76 valence electrons. The van der Waals surface area contributed by atoms with E-state index in [1.54, 1.807) is 0 Å². The van der Waals surface area contributed by atoms with E-state index >= 15 is 0 Å². The summed E-state index contributed by atoms with van der Waals surface area (Å²) in [6, 6.07) is 2.21. The Morgan fingerprint density at radius 3 is 2.43 bits per heavy atom. The van der Waals surface area contributed by atoms with Crippen molar-refractivity contribution in [2.45, 2.75) is 32.1 Å². The van der Waals surface area contributed by atoms with Crippen molar-refractivity contribution >= 4 is 5.91 Å². The molecule has 0 unspecified atom stereocenters. The van der Waals surface area contributed by atoms with E-state index in [4.69, 9.17) is 5.26 Å². The summed E-state index contributed by atoms with van der Waals surface area (Å²) in [5, 5.41) is 8.56. The summed E-state index contributed by atoms with van der Waals surface area (Å²) in [5.74, 6) is 1.24. The molecule has 2 fully saturated rings. The molecule has 3 nitrogen and oxygen atoms in total. The minimum absolute atomic E-state index is 0.350. The molecule has 1 saturated heterocycles. The zero-order valence-electron chi connectivity index (χ0n) is 8.41. The van der Waals surface area contributed by atoms with Gasteiger partial charge in [-0.15, -0.1) is 0 Å². The Morgan fingerprint density at radius 2 is 1.93 bits per heavy atom. The van der Waals surface area contributed by atoms with E-state index in [0.717, 1.165) is 38.8 Å². The summed E-state index contributed by atoms with van der Waals surface area (Å²) in [4.78, 5) is 13.7. The lowest BCUT2D eigenvalue weighted by atomic mass is 9.94. The maximum absolute atomic E-state index is 11.7. The zero-order chi connectivity index (χ0) is 9.97. The normalized spacial score (nSPS) is 23.2. The molecule has 2 aliphatic rings. The fourth-order valence-corrected chi connectivity index (χ4v) is 2.08. The summed E-state index contributed by atoms with van der Waals surface area (Å²) < 4.78 is 0. The molecule has 1 aliphatic heterocycles. The average Bonchev–Trinajstić information content (AvgIpc) is 3.02. The average molecular weight is 192 g/mol. The summed E-state index contributed by atoms with van der Waals surface area (Å²) in [6.07, 6.45) is 4.89. The smallest absolute Gasteiger partial charge is 0.225 e. The molecule has 0 atom stereocenters. The van der Waals surface area contributed by atoms with E-state index in [9.17, 15) is 4.79 Å². The number of hydrogen-bond acceptors (Lipinski definition) is 2. The third-order valence-electron chi connectivity index (χ3n) is 3.23. The number of hydrogen-bond donors (Lipinski definition) is 0. The standard InChI is InChI=1S/C11H16N2O/c12-6-3-9-4-7-13(8-5-9)11(14)10-1-2-10/h9-10H,1-5,7-8H2. The van der Waals surface area contributed by atoms with Gasteiger partial charge in [-0.05, 0) is 31.6 Å². The Balaban J connectivity index is 1.78. The van der Waals surface area contributed by atoms with Crippen LogP contribution in [-0.2, 0) is 4.79 Å². The molecular formula is C11H16N2O. The Bertz CT molecular complexity index is 257. The van der Waals surface area contributed by atoms with Crippen molar-refractivity contribution in [1.82, 2.24) is 4.90 Å². The fraction of sp³-hybridized carbons (Fsp3) is 0.818. The number of carbonyl (C=O) groups excluding carboxylic acids is 1. The van der Waals surface area contributed by atoms with Crippen molar-refractivity contribution in [1.29, 1.82) is 5.26 Å². The van der Waals surface area contributed by atoms with Gasteiger partial charge in [0, 0.05) is 25.4 Å². The van der Waals surface area contributed by atoms with Gasteiger partial charge in [-0.2, -0.15) is 5.26 Å². The molecular weight excluding hydrogens is 176 g/mol. The topological polar surface area (TPSA) is 44.1 Å². The van der Waals surface area contributed by atoms with Gasteiger partial charge in [-0.1, -0.05) is 0 Å². The number of piperidine rings is 1. The van der Waals surface area contributed by atoms with Crippen LogP contribution in [0.2, 0.25) is 0 Å². The first-order valence-corrected chi connectivity index (χ1v) is 5.47. The number of amides is 1. The van der Waals surface area contributed by atoms with E-state index in [0.29, 0.717) is 24.2 Å². The van der Waals surface area contributed by atoms with E-state index in [-0.39, 0.29) is 0 Å². The van der Waals surface area contributed by atoms with Gasteiger partial charge in [0.1, 0.15) is 0 Å². The van der Waals surface area contributed by atoms with Crippen LogP contribution in [0, 0.1) is 23.2 Å². The van der Waals surface area contributed by atoms with Crippen LogP contribution in [0.15, 0.2) is 0 Å². The largest absolute Gasteiger partial charge is 0.342 e. The van der Waals surface area contributed by atoms with E-state index in [1.807, 2.05) is 4.90 Å². The second-order valence-electron chi connectivity index (χ2n) is 4.41. The predicted molar refractivity (Wildman–Crippen MR) is 52.3 cm³/mol. The van der Waals surface area contributed by atoms with Crippen LogP contribution in [0.3, 0.4) is 0 Å².